The Morgan fingerprint density at radius 2 is 2.20 bits per heavy atom. The second kappa shape index (κ2) is 5.70. The molecule has 1 saturated heterocycles. The van der Waals surface area contributed by atoms with Gasteiger partial charge in [0.25, 0.3) is 0 Å². The quantitative estimate of drug-likeness (QED) is 0.890. The molecule has 1 heterocycles. The molecule has 0 aromatic heterocycles. The molecule has 0 aliphatic carbocycles. The van der Waals surface area contributed by atoms with Gasteiger partial charge in [-0.05, 0) is 57.0 Å². The van der Waals surface area contributed by atoms with Gasteiger partial charge >= 0.3 is 0 Å². The van der Waals surface area contributed by atoms with E-state index in [1.807, 2.05) is 26.8 Å². The SMILES string of the molecule is CCNC(C)c1cc(F)c(C)cc1N1CCC(C)(O)C1. The molecule has 2 unspecified atom stereocenters. The van der Waals surface area contributed by atoms with E-state index < -0.39 is 5.60 Å². The van der Waals surface area contributed by atoms with E-state index in [9.17, 15) is 9.50 Å². The van der Waals surface area contributed by atoms with E-state index in [4.69, 9.17) is 0 Å². The van der Waals surface area contributed by atoms with Crippen molar-refractivity contribution in [2.75, 3.05) is 24.5 Å². The zero-order valence-corrected chi connectivity index (χ0v) is 12.8. The first kappa shape index (κ1) is 15.3. The Labute approximate surface area is 120 Å². The van der Waals surface area contributed by atoms with Gasteiger partial charge in [0.1, 0.15) is 5.82 Å². The third-order valence-corrected chi connectivity index (χ3v) is 4.08. The number of rotatable bonds is 4. The summed E-state index contributed by atoms with van der Waals surface area (Å²) in [6.45, 7) is 9.99. The van der Waals surface area contributed by atoms with Gasteiger partial charge in [-0.2, -0.15) is 0 Å². The Kier molecular flexibility index (Phi) is 4.35. The summed E-state index contributed by atoms with van der Waals surface area (Å²) in [5.41, 5.74) is 2.00. The van der Waals surface area contributed by atoms with Gasteiger partial charge in [0.05, 0.1) is 5.60 Å². The monoisotopic (exact) mass is 280 g/mol. The van der Waals surface area contributed by atoms with Crippen LogP contribution in [0.5, 0.6) is 0 Å². The van der Waals surface area contributed by atoms with Crippen LogP contribution in [0.1, 0.15) is 44.4 Å². The summed E-state index contributed by atoms with van der Waals surface area (Å²) < 4.78 is 13.9. The minimum Gasteiger partial charge on any atom is -0.388 e. The highest BCUT2D eigenvalue weighted by molar-refractivity contribution is 5.58. The number of nitrogens with zero attached hydrogens (tertiary/aromatic N) is 1. The van der Waals surface area contributed by atoms with E-state index in [-0.39, 0.29) is 11.9 Å². The average molecular weight is 280 g/mol. The van der Waals surface area contributed by atoms with Gasteiger partial charge in [0.15, 0.2) is 0 Å². The topological polar surface area (TPSA) is 35.5 Å². The predicted molar refractivity (Wildman–Crippen MR) is 80.7 cm³/mol. The Balaban J connectivity index is 2.38. The summed E-state index contributed by atoms with van der Waals surface area (Å²) in [7, 11) is 0. The predicted octanol–water partition coefficient (Wildman–Crippen LogP) is 2.77. The maximum atomic E-state index is 13.9. The lowest BCUT2D eigenvalue weighted by molar-refractivity contribution is 0.0839. The van der Waals surface area contributed by atoms with E-state index in [1.165, 1.54) is 0 Å². The fourth-order valence-electron chi connectivity index (χ4n) is 2.87. The molecule has 2 rings (SSSR count). The van der Waals surface area contributed by atoms with Crippen LogP contribution in [0.3, 0.4) is 0 Å². The van der Waals surface area contributed by atoms with Crippen LogP contribution in [0.4, 0.5) is 10.1 Å². The standard InChI is InChI=1S/C16H25FN2O/c1-5-18-12(3)13-9-14(17)11(2)8-15(13)19-7-6-16(4,20)10-19/h8-9,12,18,20H,5-7,10H2,1-4H3. The van der Waals surface area contributed by atoms with Crippen LogP contribution in [0.25, 0.3) is 0 Å². The van der Waals surface area contributed by atoms with Gasteiger partial charge < -0.3 is 15.3 Å². The molecule has 0 bridgehead atoms. The highest BCUT2D eigenvalue weighted by atomic mass is 19.1. The Morgan fingerprint density at radius 3 is 2.75 bits per heavy atom. The molecule has 1 aliphatic heterocycles. The lowest BCUT2D eigenvalue weighted by Gasteiger charge is -2.27. The molecule has 0 radical (unpaired) electrons. The summed E-state index contributed by atoms with van der Waals surface area (Å²) in [4.78, 5) is 2.16. The van der Waals surface area contributed by atoms with Crippen LogP contribution >= 0.6 is 0 Å². The molecule has 1 aliphatic rings. The van der Waals surface area contributed by atoms with Crippen LogP contribution in [-0.2, 0) is 0 Å². The number of nitrogens with one attached hydrogen (secondary N) is 1. The van der Waals surface area contributed by atoms with Crippen LogP contribution in [-0.4, -0.2) is 30.3 Å². The number of anilines is 1. The van der Waals surface area contributed by atoms with Crippen molar-refractivity contribution in [3.05, 3.63) is 29.1 Å². The van der Waals surface area contributed by atoms with Gasteiger partial charge in [0, 0.05) is 24.8 Å². The van der Waals surface area contributed by atoms with Gasteiger partial charge in [-0.25, -0.2) is 4.39 Å². The van der Waals surface area contributed by atoms with Gasteiger partial charge in [0.2, 0.25) is 0 Å². The largest absolute Gasteiger partial charge is 0.388 e. The van der Waals surface area contributed by atoms with Crippen LogP contribution in [0.15, 0.2) is 12.1 Å². The molecule has 1 fully saturated rings. The van der Waals surface area contributed by atoms with Crippen molar-refractivity contribution in [1.29, 1.82) is 0 Å². The molecule has 3 nitrogen and oxygen atoms in total. The van der Waals surface area contributed by atoms with Gasteiger partial charge in [-0.3, -0.25) is 0 Å². The molecular weight excluding hydrogens is 255 g/mol. The van der Waals surface area contributed by atoms with Crippen molar-refractivity contribution in [2.24, 2.45) is 0 Å². The van der Waals surface area contributed by atoms with Crippen molar-refractivity contribution in [2.45, 2.75) is 45.8 Å². The number of β-amino-alcohol motifs (C(OH)–C–C–N with tert-alkyl or cyclic N) is 1. The lowest BCUT2D eigenvalue weighted by atomic mass is 10.0. The first-order valence-corrected chi connectivity index (χ1v) is 7.35. The normalized spacial score (nSPS) is 24.2. The number of aliphatic hydroxyl groups is 1. The van der Waals surface area contributed by atoms with Crippen molar-refractivity contribution >= 4 is 5.69 Å². The number of benzene rings is 1. The first-order chi connectivity index (χ1) is 9.34. The molecule has 0 spiro atoms. The molecule has 4 heteroatoms. The summed E-state index contributed by atoms with van der Waals surface area (Å²) in [5.74, 6) is -0.167. The maximum Gasteiger partial charge on any atom is 0.126 e. The van der Waals surface area contributed by atoms with E-state index in [0.29, 0.717) is 12.1 Å². The molecule has 112 valence electrons. The van der Waals surface area contributed by atoms with E-state index >= 15 is 0 Å². The Bertz CT molecular complexity index is 488. The third kappa shape index (κ3) is 3.13. The zero-order chi connectivity index (χ0) is 14.9. The van der Waals surface area contributed by atoms with E-state index in [2.05, 4.69) is 10.2 Å². The Hall–Kier alpha value is -1.13. The van der Waals surface area contributed by atoms with Crippen LogP contribution in [0, 0.1) is 12.7 Å². The highest BCUT2D eigenvalue weighted by Crippen LogP contribution is 2.33. The lowest BCUT2D eigenvalue weighted by Crippen LogP contribution is -2.31. The molecule has 2 atom stereocenters. The second-order valence-electron chi connectivity index (χ2n) is 6.11. The molecular formula is C16H25FN2O. The third-order valence-electron chi connectivity index (χ3n) is 4.08. The average Bonchev–Trinajstić information content (AvgIpc) is 2.72. The van der Waals surface area contributed by atoms with Crippen molar-refractivity contribution in [3.8, 4) is 0 Å². The minimum absolute atomic E-state index is 0.0932. The zero-order valence-electron chi connectivity index (χ0n) is 12.8. The first-order valence-electron chi connectivity index (χ1n) is 7.35. The molecule has 1 aromatic carbocycles. The van der Waals surface area contributed by atoms with E-state index in [0.717, 1.165) is 30.8 Å². The second-order valence-corrected chi connectivity index (χ2v) is 6.11. The molecule has 2 N–H and O–H groups in total. The summed E-state index contributed by atoms with van der Waals surface area (Å²) in [5, 5.41) is 13.5. The summed E-state index contributed by atoms with van der Waals surface area (Å²) in [6, 6.07) is 3.63. The van der Waals surface area contributed by atoms with Crippen molar-refractivity contribution in [3.63, 3.8) is 0 Å². The highest BCUT2D eigenvalue weighted by Gasteiger charge is 2.33. The summed E-state index contributed by atoms with van der Waals surface area (Å²) in [6.07, 6.45) is 0.748. The van der Waals surface area contributed by atoms with E-state index in [1.54, 1.807) is 13.0 Å². The smallest absolute Gasteiger partial charge is 0.126 e. The fourth-order valence-corrected chi connectivity index (χ4v) is 2.87. The summed E-state index contributed by atoms with van der Waals surface area (Å²) >= 11 is 0. The molecule has 0 amide bonds. The minimum atomic E-state index is -0.652. The van der Waals surface area contributed by atoms with Crippen LogP contribution in [0.2, 0.25) is 0 Å². The number of hydrogen-bond acceptors (Lipinski definition) is 3. The van der Waals surface area contributed by atoms with Crippen molar-refractivity contribution < 1.29 is 9.50 Å². The number of halogens is 1. The number of aryl methyl sites for hydroxylation is 1. The molecule has 1 aromatic rings. The van der Waals surface area contributed by atoms with Gasteiger partial charge in [-0.1, -0.05) is 6.92 Å². The fraction of sp³-hybridized carbons (Fsp3) is 0.625. The Morgan fingerprint density at radius 1 is 1.50 bits per heavy atom. The molecule has 20 heavy (non-hydrogen) atoms. The van der Waals surface area contributed by atoms with Crippen molar-refractivity contribution in [1.82, 2.24) is 5.32 Å². The maximum absolute atomic E-state index is 13.9. The van der Waals surface area contributed by atoms with Crippen LogP contribution < -0.4 is 10.2 Å². The van der Waals surface area contributed by atoms with Gasteiger partial charge in [-0.15, -0.1) is 0 Å². The molecule has 0 saturated carbocycles. The number of hydrogen-bond donors (Lipinski definition) is 2.